The van der Waals surface area contributed by atoms with Crippen molar-refractivity contribution < 1.29 is 32.1 Å². The summed E-state index contributed by atoms with van der Waals surface area (Å²) in [5.74, 6) is 0.902. The van der Waals surface area contributed by atoms with Crippen LogP contribution in [0.25, 0.3) is 0 Å². The summed E-state index contributed by atoms with van der Waals surface area (Å²) in [6, 6.07) is 4.77. The van der Waals surface area contributed by atoms with Crippen molar-refractivity contribution >= 4 is 29.9 Å². The Hall–Kier alpha value is -1.47. The van der Waals surface area contributed by atoms with Crippen LogP contribution in [0.15, 0.2) is 23.2 Å². The molecule has 0 spiro atoms. The van der Waals surface area contributed by atoms with E-state index in [2.05, 4.69) is 15.6 Å². The molecule has 0 bridgehead atoms. The highest BCUT2D eigenvalue weighted by molar-refractivity contribution is 14.0. The van der Waals surface area contributed by atoms with E-state index in [9.17, 15) is 13.2 Å². The number of halogens is 4. The number of rotatable bonds is 11. The van der Waals surface area contributed by atoms with Gasteiger partial charge in [-0.25, -0.2) is 0 Å². The molecule has 1 aliphatic heterocycles. The van der Waals surface area contributed by atoms with Crippen LogP contribution in [0.1, 0.15) is 24.8 Å². The molecule has 1 atom stereocenters. The van der Waals surface area contributed by atoms with Crippen LogP contribution in [0.5, 0.6) is 11.5 Å². The summed E-state index contributed by atoms with van der Waals surface area (Å²) in [6.07, 6.45) is -1.18. The molecule has 0 aromatic heterocycles. The number of hydrogen-bond donors (Lipinski definition) is 2. The Bertz CT molecular complexity index is 672. The van der Waals surface area contributed by atoms with Gasteiger partial charge >= 0.3 is 6.18 Å². The Morgan fingerprint density at radius 1 is 1.26 bits per heavy atom. The molecule has 1 aromatic carbocycles. The molecule has 2 N–H and O–H groups in total. The Morgan fingerprint density at radius 2 is 2.06 bits per heavy atom. The number of methoxy groups -OCH3 is 1. The molecular formula is C20H31F3IN3O4. The first-order valence-corrected chi connectivity index (χ1v) is 9.91. The lowest BCUT2D eigenvalue weighted by atomic mass is 10.2. The van der Waals surface area contributed by atoms with Crippen LogP contribution in [0.4, 0.5) is 13.2 Å². The van der Waals surface area contributed by atoms with Crippen molar-refractivity contribution in [1.82, 2.24) is 10.6 Å². The standard InChI is InChI=1S/C20H30F3N3O4.HI/c1-24-19(25-8-4-9-28-13-16-5-3-10-29-16)26-12-15-6-7-17(18(11-15)27-2)30-14-20(21,22)23;/h6-7,11,16H,3-5,8-10,12-14H2,1-2H3,(H2,24,25,26);1H. The third-order valence-corrected chi connectivity index (χ3v) is 4.39. The van der Waals surface area contributed by atoms with Gasteiger partial charge in [0.2, 0.25) is 0 Å². The summed E-state index contributed by atoms with van der Waals surface area (Å²) in [7, 11) is 3.05. The maximum absolute atomic E-state index is 12.3. The number of guanidine groups is 1. The molecule has 0 saturated carbocycles. The van der Waals surface area contributed by atoms with Crippen LogP contribution in [-0.4, -0.2) is 65.4 Å². The fraction of sp³-hybridized carbons (Fsp3) is 0.650. The Labute approximate surface area is 198 Å². The summed E-state index contributed by atoms with van der Waals surface area (Å²) < 4.78 is 58.1. The average molecular weight is 561 g/mol. The van der Waals surface area contributed by atoms with Gasteiger partial charge in [0.25, 0.3) is 0 Å². The van der Waals surface area contributed by atoms with Crippen LogP contribution < -0.4 is 20.1 Å². The van der Waals surface area contributed by atoms with E-state index in [4.69, 9.17) is 18.9 Å². The molecule has 2 rings (SSSR count). The molecule has 31 heavy (non-hydrogen) atoms. The van der Waals surface area contributed by atoms with E-state index >= 15 is 0 Å². The van der Waals surface area contributed by atoms with E-state index in [1.807, 2.05) is 0 Å². The summed E-state index contributed by atoms with van der Waals surface area (Å²) in [5.41, 5.74) is 0.814. The normalized spacial score (nSPS) is 16.5. The minimum absolute atomic E-state index is 0. The van der Waals surface area contributed by atoms with Gasteiger partial charge in [0.15, 0.2) is 24.1 Å². The molecule has 1 aliphatic rings. The molecule has 7 nitrogen and oxygen atoms in total. The third kappa shape index (κ3) is 11.1. The molecule has 178 valence electrons. The van der Waals surface area contributed by atoms with Crippen molar-refractivity contribution in [3.05, 3.63) is 23.8 Å². The number of benzene rings is 1. The van der Waals surface area contributed by atoms with E-state index in [0.717, 1.165) is 31.4 Å². The van der Waals surface area contributed by atoms with Gasteiger partial charge in [-0.1, -0.05) is 6.07 Å². The molecule has 1 saturated heterocycles. The zero-order chi connectivity index (χ0) is 21.8. The van der Waals surface area contributed by atoms with E-state index in [1.165, 1.54) is 13.2 Å². The smallest absolute Gasteiger partial charge is 0.422 e. The fourth-order valence-corrected chi connectivity index (χ4v) is 2.88. The van der Waals surface area contributed by atoms with E-state index in [0.29, 0.717) is 32.3 Å². The third-order valence-electron chi connectivity index (χ3n) is 4.39. The number of nitrogens with zero attached hydrogens (tertiary/aromatic N) is 1. The zero-order valence-electron chi connectivity index (χ0n) is 17.8. The Morgan fingerprint density at radius 3 is 2.71 bits per heavy atom. The number of aliphatic imine (C=N–C) groups is 1. The predicted octanol–water partition coefficient (Wildman–Crippen LogP) is 3.51. The highest BCUT2D eigenvalue weighted by Crippen LogP contribution is 2.29. The van der Waals surface area contributed by atoms with Crippen LogP contribution in [0.3, 0.4) is 0 Å². The molecular weight excluding hydrogens is 530 g/mol. The number of ether oxygens (including phenoxy) is 4. The largest absolute Gasteiger partial charge is 0.493 e. The average Bonchev–Trinajstić information content (AvgIpc) is 3.24. The van der Waals surface area contributed by atoms with Gasteiger partial charge in [-0.3, -0.25) is 4.99 Å². The van der Waals surface area contributed by atoms with Crippen molar-refractivity contribution in [1.29, 1.82) is 0 Å². The summed E-state index contributed by atoms with van der Waals surface area (Å²) in [6.45, 7) is 1.85. The van der Waals surface area contributed by atoms with Crippen molar-refractivity contribution in [3.63, 3.8) is 0 Å². The maximum atomic E-state index is 12.3. The lowest BCUT2D eigenvalue weighted by Crippen LogP contribution is -2.37. The summed E-state index contributed by atoms with van der Waals surface area (Å²) in [5, 5.41) is 6.34. The van der Waals surface area contributed by atoms with Crippen LogP contribution >= 0.6 is 24.0 Å². The predicted molar refractivity (Wildman–Crippen MR) is 123 cm³/mol. The first-order valence-electron chi connectivity index (χ1n) is 9.91. The molecule has 1 fully saturated rings. The van der Waals surface area contributed by atoms with Gasteiger partial charge < -0.3 is 29.6 Å². The Kier molecular flexibility index (Phi) is 13.0. The van der Waals surface area contributed by atoms with Crippen molar-refractivity contribution in [3.8, 4) is 11.5 Å². The Balaban J connectivity index is 0.00000480. The number of nitrogens with one attached hydrogen (secondary N) is 2. The fourth-order valence-electron chi connectivity index (χ4n) is 2.88. The molecule has 11 heteroatoms. The molecule has 0 amide bonds. The first-order chi connectivity index (χ1) is 14.4. The van der Waals surface area contributed by atoms with Crippen LogP contribution in [0.2, 0.25) is 0 Å². The van der Waals surface area contributed by atoms with E-state index in [-0.39, 0.29) is 41.6 Å². The highest BCUT2D eigenvalue weighted by Gasteiger charge is 2.29. The van der Waals surface area contributed by atoms with Gasteiger partial charge in [0, 0.05) is 33.4 Å². The van der Waals surface area contributed by atoms with Crippen molar-refractivity contribution in [2.45, 2.75) is 38.1 Å². The quantitative estimate of drug-likeness (QED) is 0.187. The molecule has 0 aliphatic carbocycles. The van der Waals surface area contributed by atoms with Gasteiger partial charge in [-0.05, 0) is 37.0 Å². The van der Waals surface area contributed by atoms with E-state index in [1.54, 1.807) is 19.2 Å². The monoisotopic (exact) mass is 561 g/mol. The van der Waals surface area contributed by atoms with Gasteiger partial charge in [-0.15, -0.1) is 24.0 Å². The van der Waals surface area contributed by atoms with Crippen molar-refractivity contribution in [2.75, 3.05) is 47.1 Å². The molecule has 1 heterocycles. The summed E-state index contributed by atoms with van der Waals surface area (Å²) >= 11 is 0. The highest BCUT2D eigenvalue weighted by atomic mass is 127. The van der Waals surface area contributed by atoms with Gasteiger partial charge in [-0.2, -0.15) is 13.2 Å². The van der Waals surface area contributed by atoms with Crippen LogP contribution in [-0.2, 0) is 16.0 Å². The second-order valence-electron chi connectivity index (χ2n) is 6.81. The van der Waals surface area contributed by atoms with Crippen molar-refractivity contribution in [2.24, 2.45) is 4.99 Å². The SMILES string of the molecule is CN=C(NCCCOCC1CCCO1)NCc1ccc(OCC(F)(F)F)c(OC)c1.I. The van der Waals surface area contributed by atoms with E-state index < -0.39 is 12.8 Å². The summed E-state index contributed by atoms with van der Waals surface area (Å²) in [4.78, 5) is 4.15. The lowest BCUT2D eigenvalue weighted by molar-refractivity contribution is -0.153. The second kappa shape index (κ2) is 14.6. The lowest BCUT2D eigenvalue weighted by Gasteiger charge is -2.15. The second-order valence-corrected chi connectivity index (χ2v) is 6.81. The number of alkyl halides is 3. The zero-order valence-corrected chi connectivity index (χ0v) is 20.1. The topological polar surface area (TPSA) is 73.3 Å². The maximum Gasteiger partial charge on any atom is 0.422 e. The number of hydrogen-bond acceptors (Lipinski definition) is 5. The van der Waals surface area contributed by atoms with Crippen LogP contribution in [0, 0.1) is 0 Å². The first kappa shape index (κ1) is 27.6. The molecule has 1 aromatic rings. The minimum Gasteiger partial charge on any atom is -0.493 e. The minimum atomic E-state index is -4.40. The van der Waals surface area contributed by atoms with Gasteiger partial charge in [0.05, 0.1) is 19.8 Å². The molecule has 1 unspecified atom stereocenters. The van der Waals surface area contributed by atoms with Gasteiger partial charge in [0.1, 0.15) is 0 Å². The molecule has 0 radical (unpaired) electrons.